The highest BCUT2D eigenvalue weighted by atomic mass is 32.1. The Labute approximate surface area is 154 Å². The van der Waals surface area contributed by atoms with Crippen LogP contribution in [0.5, 0.6) is 0 Å². The summed E-state index contributed by atoms with van der Waals surface area (Å²) in [6.07, 6.45) is 5.44. The number of anilines is 1. The van der Waals surface area contributed by atoms with Crippen molar-refractivity contribution in [2.45, 2.75) is 57.2 Å². The van der Waals surface area contributed by atoms with Gasteiger partial charge in [-0.3, -0.25) is 14.4 Å². The number of fused-ring (bicyclic) bond motifs is 3. The van der Waals surface area contributed by atoms with E-state index in [0.717, 1.165) is 42.5 Å². The summed E-state index contributed by atoms with van der Waals surface area (Å²) in [6.45, 7) is 0. The minimum atomic E-state index is -1.01. The number of primary amides is 1. The predicted octanol–water partition coefficient (Wildman–Crippen LogP) is 1.93. The van der Waals surface area contributed by atoms with Gasteiger partial charge in [0.2, 0.25) is 5.91 Å². The van der Waals surface area contributed by atoms with Crippen molar-refractivity contribution in [2.24, 2.45) is 17.6 Å². The highest BCUT2D eigenvalue weighted by Gasteiger charge is 2.55. The van der Waals surface area contributed by atoms with Gasteiger partial charge in [0.05, 0.1) is 29.6 Å². The Hall–Kier alpha value is -1.93. The minimum absolute atomic E-state index is 0.365. The van der Waals surface area contributed by atoms with Gasteiger partial charge in [0.25, 0.3) is 5.91 Å². The normalized spacial score (nSPS) is 29.8. The number of aryl methyl sites for hydroxylation is 1. The summed E-state index contributed by atoms with van der Waals surface area (Å²) in [4.78, 5) is 37.6. The van der Waals surface area contributed by atoms with Crippen LogP contribution in [-0.4, -0.2) is 35.1 Å². The van der Waals surface area contributed by atoms with Gasteiger partial charge in [0.1, 0.15) is 5.00 Å². The van der Waals surface area contributed by atoms with Crippen LogP contribution in [0, 0.1) is 11.8 Å². The summed E-state index contributed by atoms with van der Waals surface area (Å²) in [5, 5.41) is 12.8. The molecule has 8 heteroatoms. The standard InChI is InChI=1S/C18H22N2O5S/c19-15(21)12-8-4-2-1-3-5-11(8)26-17(12)20-16(22)13-9-6-7-10(25-9)14(13)18(23)24/h9-10,13-14H,1-7H2,(H2,19,21)(H,20,22)(H,23,24)/t9-,10+,13-,14+/m1/s1. The van der Waals surface area contributed by atoms with Gasteiger partial charge in [0.15, 0.2) is 0 Å². The van der Waals surface area contributed by atoms with Crippen LogP contribution < -0.4 is 11.1 Å². The SMILES string of the molecule is NC(=O)c1c(NC(=O)[C@H]2[C@@H](C(=O)O)[C@@H]3CC[C@H]2O3)sc2c1CCCCC2. The van der Waals surface area contributed by atoms with Crippen LogP contribution in [0.2, 0.25) is 0 Å². The average Bonchev–Trinajstić information content (AvgIpc) is 3.23. The molecule has 3 aliphatic rings. The first-order chi connectivity index (χ1) is 12.5. The fourth-order valence-electron chi connectivity index (χ4n) is 4.61. The van der Waals surface area contributed by atoms with E-state index in [1.807, 2.05) is 0 Å². The third-order valence-corrected chi connectivity index (χ3v) is 6.97. The van der Waals surface area contributed by atoms with Crippen LogP contribution in [0.3, 0.4) is 0 Å². The molecule has 1 aromatic rings. The summed E-state index contributed by atoms with van der Waals surface area (Å²) in [6, 6.07) is 0. The molecule has 7 nitrogen and oxygen atoms in total. The van der Waals surface area contributed by atoms with Gasteiger partial charge in [-0.15, -0.1) is 11.3 Å². The molecule has 3 heterocycles. The molecule has 4 atom stereocenters. The van der Waals surface area contributed by atoms with Crippen molar-refractivity contribution in [2.75, 3.05) is 5.32 Å². The number of ether oxygens (including phenoxy) is 1. The number of hydrogen-bond donors (Lipinski definition) is 3. The number of hydrogen-bond acceptors (Lipinski definition) is 5. The molecule has 140 valence electrons. The Balaban J connectivity index is 1.62. The zero-order chi connectivity index (χ0) is 18.4. The smallest absolute Gasteiger partial charge is 0.310 e. The first-order valence-corrected chi connectivity index (χ1v) is 9.92. The Kier molecular flexibility index (Phi) is 4.48. The molecule has 2 aliphatic heterocycles. The maximum Gasteiger partial charge on any atom is 0.310 e. The number of thiophene rings is 1. The van der Waals surface area contributed by atoms with E-state index in [9.17, 15) is 19.5 Å². The van der Waals surface area contributed by atoms with Crippen LogP contribution in [0.15, 0.2) is 0 Å². The molecule has 4 rings (SSSR count). The van der Waals surface area contributed by atoms with Crippen LogP contribution in [-0.2, 0) is 27.2 Å². The van der Waals surface area contributed by atoms with Gasteiger partial charge in [-0.05, 0) is 44.1 Å². The Morgan fingerprint density at radius 2 is 1.77 bits per heavy atom. The van der Waals surface area contributed by atoms with Crippen LogP contribution >= 0.6 is 11.3 Å². The lowest BCUT2D eigenvalue weighted by Crippen LogP contribution is -2.41. The Morgan fingerprint density at radius 3 is 2.46 bits per heavy atom. The van der Waals surface area contributed by atoms with Crippen molar-refractivity contribution in [1.82, 2.24) is 0 Å². The minimum Gasteiger partial charge on any atom is -0.481 e. The molecule has 1 aromatic heterocycles. The number of amides is 2. The molecule has 26 heavy (non-hydrogen) atoms. The molecule has 0 saturated carbocycles. The molecule has 2 saturated heterocycles. The number of carbonyl (C=O) groups excluding carboxylic acids is 2. The molecular weight excluding hydrogens is 356 g/mol. The number of nitrogens with one attached hydrogen (secondary N) is 1. The van der Waals surface area contributed by atoms with E-state index >= 15 is 0 Å². The predicted molar refractivity (Wildman–Crippen MR) is 95.2 cm³/mol. The summed E-state index contributed by atoms with van der Waals surface area (Å²) in [5.41, 5.74) is 6.95. The summed E-state index contributed by atoms with van der Waals surface area (Å²) in [7, 11) is 0. The van der Waals surface area contributed by atoms with E-state index in [-0.39, 0.29) is 12.0 Å². The van der Waals surface area contributed by atoms with E-state index in [0.29, 0.717) is 23.4 Å². The van der Waals surface area contributed by atoms with Crippen molar-refractivity contribution in [3.63, 3.8) is 0 Å². The van der Waals surface area contributed by atoms with Crippen molar-refractivity contribution in [3.8, 4) is 0 Å². The van der Waals surface area contributed by atoms with Gasteiger partial charge in [-0.1, -0.05) is 6.42 Å². The maximum absolute atomic E-state index is 12.9. The molecule has 1 aliphatic carbocycles. The van der Waals surface area contributed by atoms with E-state index < -0.39 is 29.8 Å². The maximum atomic E-state index is 12.9. The van der Waals surface area contributed by atoms with Crippen LogP contribution in [0.4, 0.5) is 5.00 Å². The molecular formula is C18H22N2O5S. The number of carboxylic acid groups (broad SMARTS) is 1. The largest absolute Gasteiger partial charge is 0.481 e. The monoisotopic (exact) mass is 378 g/mol. The lowest BCUT2D eigenvalue weighted by molar-refractivity contribution is -0.147. The van der Waals surface area contributed by atoms with E-state index in [1.54, 1.807) is 0 Å². The summed E-state index contributed by atoms with van der Waals surface area (Å²) >= 11 is 1.40. The number of rotatable bonds is 4. The second-order valence-corrected chi connectivity index (χ2v) is 8.41. The zero-order valence-corrected chi connectivity index (χ0v) is 15.1. The molecule has 0 aromatic carbocycles. The topological polar surface area (TPSA) is 119 Å². The van der Waals surface area contributed by atoms with E-state index in [2.05, 4.69) is 5.32 Å². The molecule has 2 fully saturated rings. The summed E-state index contributed by atoms with van der Waals surface area (Å²) < 4.78 is 5.66. The van der Waals surface area contributed by atoms with Crippen molar-refractivity contribution >= 4 is 34.1 Å². The molecule has 0 spiro atoms. The lowest BCUT2D eigenvalue weighted by Gasteiger charge is -2.23. The van der Waals surface area contributed by atoms with E-state index in [1.165, 1.54) is 11.3 Å². The van der Waals surface area contributed by atoms with Gasteiger partial charge in [-0.2, -0.15) is 0 Å². The fourth-order valence-corrected chi connectivity index (χ4v) is 5.91. The third-order valence-electron chi connectivity index (χ3n) is 5.77. The fraction of sp³-hybridized carbons (Fsp3) is 0.611. The Bertz CT molecular complexity index is 774. The number of carbonyl (C=O) groups is 3. The van der Waals surface area contributed by atoms with Crippen molar-refractivity contribution in [1.29, 1.82) is 0 Å². The third kappa shape index (κ3) is 2.81. The quantitative estimate of drug-likeness (QED) is 0.692. The Morgan fingerprint density at radius 1 is 1.08 bits per heavy atom. The second kappa shape index (κ2) is 6.66. The second-order valence-electron chi connectivity index (χ2n) is 7.30. The molecule has 2 amide bonds. The van der Waals surface area contributed by atoms with Crippen molar-refractivity contribution in [3.05, 3.63) is 16.0 Å². The highest BCUT2D eigenvalue weighted by Crippen LogP contribution is 2.45. The average molecular weight is 378 g/mol. The van der Waals surface area contributed by atoms with Crippen LogP contribution in [0.25, 0.3) is 0 Å². The highest BCUT2D eigenvalue weighted by molar-refractivity contribution is 7.17. The van der Waals surface area contributed by atoms with Crippen molar-refractivity contribution < 1.29 is 24.2 Å². The van der Waals surface area contributed by atoms with Gasteiger partial charge in [0, 0.05) is 4.88 Å². The number of carboxylic acids is 1. The lowest BCUT2D eigenvalue weighted by atomic mass is 9.78. The van der Waals surface area contributed by atoms with Gasteiger partial charge < -0.3 is 20.9 Å². The van der Waals surface area contributed by atoms with Gasteiger partial charge >= 0.3 is 5.97 Å². The zero-order valence-electron chi connectivity index (χ0n) is 14.3. The first-order valence-electron chi connectivity index (χ1n) is 9.11. The first kappa shape index (κ1) is 17.5. The van der Waals surface area contributed by atoms with Crippen LogP contribution in [0.1, 0.15) is 52.9 Å². The van der Waals surface area contributed by atoms with E-state index in [4.69, 9.17) is 10.5 Å². The summed E-state index contributed by atoms with van der Waals surface area (Å²) in [5.74, 6) is -3.49. The molecule has 2 bridgehead atoms. The molecule has 0 radical (unpaired) electrons. The molecule has 0 unspecified atom stereocenters. The number of nitrogens with two attached hydrogens (primary N) is 1. The van der Waals surface area contributed by atoms with Gasteiger partial charge in [-0.25, -0.2) is 0 Å². The number of aliphatic carboxylic acids is 1. The molecule has 4 N–H and O–H groups in total.